The minimum absolute atomic E-state index is 0.358. The highest BCUT2D eigenvalue weighted by Gasteiger charge is 2.22. The highest BCUT2D eigenvalue weighted by atomic mass is 19.1. The van der Waals surface area contributed by atoms with Gasteiger partial charge in [0.2, 0.25) is 5.95 Å². The summed E-state index contributed by atoms with van der Waals surface area (Å²) in [5.41, 5.74) is 0. The first-order valence-electron chi connectivity index (χ1n) is 7.30. The number of rotatable bonds is 4. The topological polar surface area (TPSA) is 70.1 Å². The lowest BCUT2D eigenvalue weighted by Gasteiger charge is -2.35. The van der Waals surface area contributed by atoms with E-state index in [1.54, 1.807) is 6.20 Å². The Labute approximate surface area is 128 Å². The highest BCUT2D eigenvalue weighted by Crippen LogP contribution is 2.19. The van der Waals surface area contributed by atoms with Gasteiger partial charge in [-0.15, -0.1) is 0 Å². The Balaban J connectivity index is 1.67. The molecule has 8 heteroatoms. The van der Waals surface area contributed by atoms with E-state index in [-0.39, 0.29) is 5.82 Å². The van der Waals surface area contributed by atoms with Gasteiger partial charge in [0.1, 0.15) is 12.1 Å². The summed E-state index contributed by atoms with van der Waals surface area (Å²) in [6.07, 6.45) is 4.31. The molecule has 1 aliphatic rings. The van der Waals surface area contributed by atoms with Crippen molar-refractivity contribution in [3.63, 3.8) is 0 Å². The maximum Gasteiger partial charge on any atom is 0.227 e. The average molecular weight is 303 g/mol. The zero-order valence-corrected chi connectivity index (χ0v) is 12.4. The fraction of sp³-hybridized carbons (Fsp3) is 0.429. The molecule has 1 aliphatic heterocycles. The van der Waals surface area contributed by atoms with Gasteiger partial charge in [0, 0.05) is 38.9 Å². The van der Waals surface area contributed by atoms with Crippen molar-refractivity contribution in [3.8, 4) is 0 Å². The zero-order chi connectivity index (χ0) is 15.4. The van der Waals surface area contributed by atoms with Crippen molar-refractivity contribution in [2.24, 2.45) is 0 Å². The minimum atomic E-state index is -0.388. The fourth-order valence-corrected chi connectivity index (χ4v) is 2.44. The molecule has 0 atom stereocenters. The van der Waals surface area contributed by atoms with Crippen LogP contribution in [0.5, 0.6) is 0 Å². The Morgan fingerprint density at radius 3 is 2.68 bits per heavy atom. The Morgan fingerprint density at radius 1 is 1.18 bits per heavy atom. The molecular formula is C14H18FN7. The van der Waals surface area contributed by atoms with Crippen LogP contribution >= 0.6 is 0 Å². The number of piperazine rings is 1. The second kappa shape index (κ2) is 6.50. The first kappa shape index (κ1) is 14.4. The average Bonchev–Trinajstić information content (AvgIpc) is 2.56. The van der Waals surface area contributed by atoms with Crippen LogP contribution in [-0.4, -0.2) is 52.7 Å². The number of anilines is 3. The van der Waals surface area contributed by atoms with Crippen LogP contribution < -0.4 is 15.1 Å². The molecule has 0 aromatic carbocycles. The van der Waals surface area contributed by atoms with Gasteiger partial charge in [0.15, 0.2) is 11.6 Å². The van der Waals surface area contributed by atoms with Gasteiger partial charge < -0.3 is 15.1 Å². The molecule has 0 aliphatic carbocycles. The van der Waals surface area contributed by atoms with Crippen LogP contribution in [0, 0.1) is 5.82 Å². The maximum atomic E-state index is 13.7. The van der Waals surface area contributed by atoms with Crippen molar-refractivity contribution >= 4 is 17.6 Å². The summed E-state index contributed by atoms with van der Waals surface area (Å²) in [6, 6.07) is 1.85. The van der Waals surface area contributed by atoms with Crippen molar-refractivity contribution in [3.05, 3.63) is 30.6 Å². The summed E-state index contributed by atoms with van der Waals surface area (Å²) in [4.78, 5) is 20.5. The lowest BCUT2D eigenvalue weighted by atomic mass is 10.3. The monoisotopic (exact) mass is 303 g/mol. The molecule has 7 nitrogen and oxygen atoms in total. The van der Waals surface area contributed by atoms with E-state index < -0.39 is 0 Å². The molecule has 1 fully saturated rings. The number of nitrogens with zero attached hydrogens (tertiary/aromatic N) is 6. The van der Waals surface area contributed by atoms with Gasteiger partial charge in [0.05, 0.1) is 6.20 Å². The van der Waals surface area contributed by atoms with Gasteiger partial charge >= 0.3 is 0 Å². The quantitative estimate of drug-likeness (QED) is 0.909. The molecule has 2 aromatic rings. The second-order valence-corrected chi connectivity index (χ2v) is 4.94. The molecule has 0 unspecified atom stereocenters. The third kappa shape index (κ3) is 3.05. The van der Waals surface area contributed by atoms with Crippen molar-refractivity contribution in [1.29, 1.82) is 0 Å². The van der Waals surface area contributed by atoms with Crippen LogP contribution in [0.1, 0.15) is 6.92 Å². The van der Waals surface area contributed by atoms with Gasteiger partial charge in [-0.2, -0.15) is 4.98 Å². The number of halogens is 1. The summed E-state index contributed by atoms with van der Waals surface area (Å²) in [6.45, 7) is 5.62. The Kier molecular flexibility index (Phi) is 4.27. The molecule has 0 saturated carbocycles. The number of aromatic nitrogens is 4. The van der Waals surface area contributed by atoms with Gasteiger partial charge in [-0.05, 0) is 13.0 Å². The molecule has 2 aromatic heterocycles. The molecule has 0 radical (unpaired) electrons. The molecule has 22 heavy (non-hydrogen) atoms. The summed E-state index contributed by atoms with van der Waals surface area (Å²) in [7, 11) is 0. The number of hydrogen-bond acceptors (Lipinski definition) is 7. The molecule has 0 amide bonds. The predicted octanol–water partition coefficient (Wildman–Crippen LogP) is 1.16. The maximum absolute atomic E-state index is 13.7. The van der Waals surface area contributed by atoms with Gasteiger partial charge in [-0.25, -0.2) is 19.3 Å². The fourth-order valence-electron chi connectivity index (χ4n) is 2.44. The Hall–Kier alpha value is -2.51. The predicted molar refractivity (Wildman–Crippen MR) is 82.6 cm³/mol. The van der Waals surface area contributed by atoms with E-state index in [0.29, 0.717) is 24.9 Å². The van der Waals surface area contributed by atoms with Crippen LogP contribution in [0.2, 0.25) is 0 Å². The standard InChI is InChI=1S/C14H18FN7/c1-2-17-12-3-4-18-14(20-12)22-7-5-21(6-8-22)13-11(15)9-16-10-19-13/h3-4,9-10H,2,5-8H2,1H3,(H,17,18,20). The summed E-state index contributed by atoms with van der Waals surface area (Å²) in [5.74, 6) is 1.48. The zero-order valence-electron chi connectivity index (χ0n) is 12.4. The van der Waals surface area contributed by atoms with E-state index >= 15 is 0 Å². The summed E-state index contributed by atoms with van der Waals surface area (Å²) in [5, 5.41) is 3.17. The van der Waals surface area contributed by atoms with E-state index in [9.17, 15) is 4.39 Å². The summed E-state index contributed by atoms with van der Waals surface area (Å²) >= 11 is 0. The van der Waals surface area contributed by atoms with E-state index in [1.807, 2.05) is 17.9 Å². The molecule has 0 bridgehead atoms. The molecule has 3 rings (SSSR count). The molecule has 116 valence electrons. The third-order valence-corrected chi connectivity index (χ3v) is 3.51. The second-order valence-electron chi connectivity index (χ2n) is 4.94. The van der Waals surface area contributed by atoms with Crippen molar-refractivity contribution in [2.75, 3.05) is 47.8 Å². The van der Waals surface area contributed by atoms with Gasteiger partial charge in [-0.1, -0.05) is 0 Å². The van der Waals surface area contributed by atoms with E-state index in [2.05, 4.69) is 30.2 Å². The normalized spacial score (nSPS) is 15.0. The first-order valence-corrected chi connectivity index (χ1v) is 7.30. The molecule has 1 saturated heterocycles. The van der Waals surface area contributed by atoms with Crippen molar-refractivity contribution < 1.29 is 4.39 Å². The third-order valence-electron chi connectivity index (χ3n) is 3.51. The van der Waals surface area contributed by atoms with Crippen molar-refractivity contribution in [1.82, 2.24) is 19.9 Å². The molecule has 1 N–H and O–H groups in total. The number of hydrogen-bond donors (Lipinski definition) is 1. The molecular weight excluding hydrogens is 285 g/mol. The van der Waals surface area contributed by atoms with Crippen LogP contribution in [0.3, 0.4) is 0 Å². The van der Waals surface area contributed by atoms with E-state index in [0.717, 1.165) is 25.5 Å². The van der Waals surface area contributed by atoms with Crippen LogP contribution in [-0.2, 0) is 0 Å². The van der Waals surface area contributed by atoms with Gasteiger partial charge in [-0.3, -0.25) is 0 Å². The largest absolute Gasteiger partial charge is 0.370 e. The molecule has 0 spiro atoms. The lowest BCUT2D eigenvalue weighted by Crippen LogP contribution is -2.47. The van der Waals surface area contributed by atoms with Crippen LogP contribution in [0.4, 0.5) is 22.0 Å². The van der Waals surface area contributed by atoms with Crippen LogP contribution in [0.25, 0.3) is 0 Å². The van der Waals surface area contributed by atoms with E-state index in [4.69, 9.17) is 0 Å². The SMILES string of the molecule is CCNc1ccnc(N2CCN(c3ncncc3F)CC2)n1. The first-order chi connectivity index (χ1) is 10.8. The van der Waals surface area contributed by atoms with E-state index in [1.165, 1.54) is 12.5 Å². The van der Waals surface area contributed by atoms with Crippen molar-refractivity contribution in [2.45, 2.75) is 6.92 Å². The lowest BCUT2D eigenvalue weighted by molar-refractivity contribution is 0.579. The van der Waals surface area contributed by atoms with Gasteiger partial charge in [0.25, 0.3) is 0 Å². The Bertz CT molecular complexity index is 628. The minimum Gasteiger partial charge on any atom is -0.370 e. The Morgan fingerprint density at radius 2 is 1.95 bits per heavy atom. The number of nitrogens with one attached hydrogen (secondary N) is 1. The smallest absolute Gasteiger partial charge is 0.227 e. The highest BCUT2D eigenvalue weighted by molar-refractivity contribution is 5.45. The molecule has 3 heterocycles. The summed E-state index contributed by atoms with van der Waals surface area (Å²) < 4.78 is 13.7. The van der Waals surface area contributed by atoms with Crippen LogP contribution in [0.15, 0.2) is 24.8 Å².